The predicted molar refractivity (Wildman–Crippen MR) is 106 cm³/mol. The van der Waals surface area contributed by atoms with E-state index in [-0.39, 0.29) is 0 Å². The molecular weight excluding hydrogens is 338 g/mol. The van der Waals surface area contributed by atoms with E-state index in [1.165, 1.54) is 25.0 Å². The van der Waals surface area contributed by atoms with Gasteiger partial charge in [0.05, 0.1) is 18.9 Å². The van der Waals surface area contributed by atoms with E-state index in [1.54, 1.807) is 0 Å². The third-order valence-electron chi connectivity index (χ3n) is 6.87. The molecule has 2 aromatic rings. The monoisotopic (exact) mass is 367 g/mol. The van der Waals surface area contributed by atoms with Gasteiger partial charge in [-0.05, 0) is 57.7 Å². The molecule has 1 saturated heterocycles. The summed E-state index contributed by atoms with van der Waals surface area (Å²) in [5.74, 6) is 0.592. The number of aromatic nitrogens is 3. The van der Waals surface area contributed by atoms with Crippen LogP contribution in [0.4, 0.5) is 5.82 Å². The number of rotatable bonds is 4. The van der Waals surface area contributed by atoms with Crippen LogP contribution in [0.5, 0.6) is 0 Å². The Hall–Kier alpha value is -1.92. The Morgan fingerprint density at radius 1 is 1.15 bits per heavy atom. The highest BCUT2D eigenvalue weighted by molar-refractivity contribution is 5.63. The molecule has 0 unspecified atom stereocenters. The van der Waals surface area contributed by atoms with Crippen LogP contribution >= 0.6 is 0 Å². The molecule has 0 spiro atoms. The molecule has 0 radical (unpaired) electrons. The first-order valence-electron chi connectivity index (χ1n) is 10.1. The Morgan fingerprint density at radius 2 is 1.85 bits per heavy atom. The number of aryl methyl sites for hydroxylation is 1. The third kappa shape index (κ3) is 2.46. The lowest BCUT2D eigenvalue weighted by molar-refractivity contribution is -0.191. The van der Waals surface area contributed by atoms with Gasteiger partial charge in [-0.2, -0.15) is 5.10 Å². The van der Waals surface area contributed by atoms with Gasteiger partial charge in [0.2, 0.25) is 0 Å². The normalized spacial score (nSPS) is 30.2. The van der Waals surface area contributed by atoms with E-state index in [2.05, 4.69) is 40.5 Å². The van der Waals surface area contributed by atoms with Crippen molar-refractivity contribution in [3.05, 3.63) is 29.6 Å². The van der Waals surface area contributed by atoms with Crippen LogP contribution in [0.1, 0.15) is 50.4 Å². The maximum atomic E-state index is 5.89. The zero-order chi connectivity index (χ0) is 18.8. The number of morpholine rings is 1. The molecule has 0 amide bonds. The minimum Gasteiger partial charge on any atom is -0.383 e. The van der Waals surface area contributed by atoms with Gasteiger partial charge in [-0.25, -0.2) is 4.98 Å². The van der Waals surface area contributed by atoms with Crippen LogP contribution in [0, 0.1) is 6.92 Å². The van der Waals surface area contributed by atoms with Crippen LogP contribution in [0.2, 0.25) is 0 Å². The van der Waals surface area contributed by atoms with E-state index in [1.807, 2.05) is 13.1 Å². The van der Waals surface area contributed by atoms with Gasteiger partial charge in [0, 0.05) is 47.5 Å². The van der Waals surface area contributed by atoms with Crippen LogP contribution in [-0.2, 0) is 10.2 Å². The lowest BCUT2D eigenvalue weighted by Crippen LogP contribution is -2.78. The molecule has 6 heteroatoms. The van der Waals surface area contributed by atoms with Crippen LogP contribution in [-0.4, -0.2) is 51.5 Å². The SMILES string of the molecule is Cc1cc(-c2cc(C34CC(N5CCOCC5)(C3)C4)n(C(C)C)n2)cnc1N. The van der Waals surface area contributed by atoms with Crippen molar-refractivity contribution in [2.45, 2.75) is 57.0 Å². The number of hydrogen-bond donors (Lipinski definition) is 1. The fourth-order valence-corrected chi connectivity index (χ4v) is 5.43. The fourth-order valence-electron chi connectivity index (χ4n) is 5.43. The van der Waals surface area contributed by atoms with E-state index >= 15 is 0 Å². The largest absolute Gasteiger partial charge is 0.383 e. The standard InChI is InChI=1S/C21H29N5O/c1-14(2)26-18(9-17(24-26)16-8-15(3)19(22)23-10-16)20-11-21(12-20,13-20)25-4-6-27-7-5-25/h8-10,14H,4-7,11-13H2,1-3H3,(H2,22,23). The van der Waals surface area contributed by atoms with Gasteiger partial charge in [0.25, 0.3) is 0 Å². The molecule has 4 aliphatic rings. The molecule has 2 bridgehead atoms. The topological polar surface area (TPSA) is 69.2 Å². The van der Waals surface area contributed by atoms with Gasteiger partial charge in [0.1, 0.15) is 5.82 Å². The molecule has 0 atom stereocenters. The molecule has 6 rings (SSSR count). The van der Waals surface area contributed by atoms with Crippen molar-refractivity contribution in [2.24, 2.45) is 0 Å². The average molecular weight is 367 g/mol. The number of hydrogen-bond acceptors (Lipinski definition) is 5. The van der Waals surface area contributed by atoms with Crippen LogP contribution in [0.3, 0.4) is 0 Å². The Bertz CT molecular complexity index is 861. The number of nitrogens with zero attached hydrogens (tertiary/aromatic N) is 4. The maximum absolute atomic E-state index is 5.89. The highest BCUT2D eigenvalue weighted by Crippen LogP contribution is 2.70. The summed E-state index contributed by atoms with van der Waals surface area (Å²) in [5, 5.41) is 4.96. The predicted octanol–water partition coefficient (Wildman–Crippen LogP) is 2.92. The lowest BCUT2D eigenvalue weighted by atomic mass is 9.37. The van der Waals surface area contributed by atoms with E-state index in [4.69, 9.17) is 15.6 Å². The smallest absolute Gasteiger partial charge is 0.126 e. The summed E-state index contributed by atoms with van der Waals surface area (Å²) in [4.78, 5) is 7.00. The lowest BCUT2D eigenvalue weighted by Gasteiger charge is -2.74. The van der Waals surface area contributed by atoms with Gasteiger partial charge in [-0.1, -0.05) is 0 Å². The molecule has 2 aromatic heterocycles. The minimum atomic E-state index is 0.310. The van der Waals surface area contributed by atoms with Gasteiger partial charge in [-0.15, -0.1) is 0 Å². The highest BCUT2D eigenvalue weighted by atomic mass is 16.5. The van der Waals surface area contributed by atoms with Crippen molar-refractivity contribution in [3.63, 3.8) is 0 Å². The summed E-state index contributed by atoms with van der Waals surface area (Å²) in [7, 11) is 0. The van der Waals surface area contributed by atoms with E-state index < -0.39 is 0 Å². The van der Waals surface area contributed by atoms with Gasteiger partial charge < -0.3 is 10.5 Å². The second-order valence-corrected chi connectivity index (χ2v) is 9.01. The van der Waals surface area contributed by atoms with E-state index in [9.17, 15) is 0 Å². The molecule has 6 nitrogen and oxygen atoms in total. The molecule has 3 saturated carbocycles. The second-order valence-electron chi connectivity index (χ2n) is 9.01. The number of ether oxygens (including phenoxy) is 1. The Labute approximate surface area is 160 Å². The summed E-state index contributed by atoms with van der Waals surface area (Å²) in [6, 6.07) is 4.75. The molecule has 144 valence electrons. The summed E-state index contributed by atoms with van der Waals surface area (Å²) in [6.07, 6.45) is 5.63. The second kappa shape index (κ2) is 5.79. The summed E-state index contributed by atoms with van der Waals surface area (Å²) < 4.78 is 7.78. The molecule has 0 aromatic carbocycles. The fraction of sp³-hybridized carbons (Fsp3) is 0.619. The first-order valence-corrected chi connectivity index (χ1v) is 10.1. The summed E-state index contributed by atoms with van der Waals surface area (Å²) >= 11 is 0. The average Bonchev–Trinajstić information content (AvgIpc) is 3.01. The van der Waals surface area contributed by atoms with Crippen molar-refractivity contribution in [2.75, 3.05) is 32.0 Å². The number of nitrogens with two attached hydrogens (primary N) is 1. The van der Waals surface area contributed by atoms with Crippen molar-refractivity contribution >= 4 is 5.82 Å². The minimum absolute atomic E-state index is 0.310. The third-order valence-corrected chi connectivity index (χ3v) is 6.87. The van der Waals surface area contributed by atoms with E-state index in [0.717, 1.165) is 43.1 Å². The Morgan fingerprint density at radius 3 is 2.48 bits per heavy atom. The Balaban J connectivity index is 1.44. The summed E-state index contributed by atoms with van der Waals surface area (Å²) in [6.45, 7) is 10.4. The van der Waals surface area contributed by atoms with Crippen LogP contribution in [0.15, 0.2) is 18.3 Å². The van der Waals surface area contributed by atoms with Crippen molar-refractivity contribution < 1.29 is 4.74 Å². The zero-order valence-corrected chi connectivity index (χ0v) is 16.5. The first kappa shape index (κ1) is 17.2. The van der Waals surface area contributed by atoms with Gasteiger partial charge >= 0.3 is 0 Å². The van der Waals surface area contributed by atoms with Gasteiger partial charge in [-0.3, -0.25) is 9.58 Å². The molecule has 4 fully saturated rings. The van der Waals surface area contributed by atoms with Crippen LogP contribution < -0.4 is 5.73 Å². The van der Waals surface area contributed by atoms with Gasteiger partial charge in [0.15, 0.2) is 0 Å². The number of pyridine rings is 1. The van der Waals surface area contributed by atoms with Crippen LogP contribution in [0.25, 0.3) is 11.3 Å². The Kier molecular flexibility index (Phi) is 3.69. The molecule has 2 N–H and O–H groups in total. The number of anilines is 1. The maximum Gasteiger partial charge on any atom is 0.126 e. The highest BCUT2D eigenvalue weighted by Gasteiger charge is 2.71. The molecule has 3 heterocycles. The number of nitrogen functional groups attached to an aromatic ring is 1. The molecule has 1 aliphatic heterocycles. The molecular formula is C21H29N5O. The zero-order valence-electron chi connectivity index (χ0n) is 16.5. The molecule has 3 aliphatic carbocycles. The summed E-state index contributed by atoms with van der Waals surface area (Å²) in [5.41, 5.74) is 11.1. The van der Waals surface area contributed by atoms with Crippen molar-refractivity contribution in [3.8, 4) is 11.3 Å². The quantitative estimate of drug-likeness (QED) is 0.900. The first-order chi connectivity index (χ1) is 12.9. The molecule has 27 heavy (non-hydrogen) atoms. The van der Waals surface area contributed by atoms with Crippen molar-refractivity contribution in [1.82, 2.24) is 19.7 Å². The van der Waals surface area contributed by atoms with E-state index in [0.29, 0.717) is 22.8 Å². The van der Waals surface area contributed by atoms with Crippen molar-refractivity contribution in [1.29, 1.82) is 0 Å².